The molecule has 2 aromatic heterocycles. The molecule has 0 aliphatic heterocycles. The fraction of sp³-hybridized carbons (Fsp3) is 0.188. The molecule has 2 heterocycles. The topological polar surface area (TPSA) is 112 Å². The highest BCUT2D eigenvalue weighted by Crippen LogP contribution is 2.37. The number of carbonyl (C=O) groups excluding carboxylic acids is 1. The lowest BCUT2D eigenvalue weighted by Gasteiger charge is -2.17. The first-order valence-electron chi connectivity index (χ1n) is 13.3. The monoisotopic (exact) mass is 578 g/mol. The molecule has 0 saturated carbocycles. The van der Waals surface area contributed by atoms with Crippen LogP contribution in [0.15, 0.2) is 72.4 Å². The summed E-state index contributed by atoms with van der Waals surface area (Å²) in [4.78, 5) is 23.5. The van der Waals surface area contributed by atoms with Crippen LogP contribution in [0.25, 0.3) is 21.1 Å². The molecule has 3 aromatic carbocycles. The predicted octanol–water partition coefficient (Wildman–Crippen LogP) is 7.02. The van der Waals surface area contributed by atoms with Crippen molar-refractivity contribution >= 4 is 55.4 Å². The van der Waals surface area contributed by atoms with E-state index in [1.807, 2.05) is 74.8 Å². The summed E-state index contributed by atoms with van der Waals surface area (Å²) in [5, 5.41) is 16.9. The molecule has 0 fully saturated rings. The third-order valence-corrected chi connectivity index (χ3v) is 7.17. The Labute approximate surface area is 248 Å². The van der Waals surface area contributed by atoms with Crippen molar-refractivity contribution < 1.29 is 14.3 Å². The zero-order chi connectivity index (χ0) is 29.6. The molecule has 0 unspecified atom stereocenters. The van der Waals surface area contributed by atoms with Crippen LogP contribution in [0.2, 0.25) is 0 Å². The fourth-order valence-electron chi connectivity index (χ4n) is 4.37. The number of pyridine rings is 1. The van der Waals surface area contributed by atoms with E-state index in [9.17, 15) is 10.1 Å². The minimum atomic E-state index is -0.281. The number of ether oxygens (including phenoxy) is 2. The first-order valence-corrected chi connectivity index (χ1v) is 14.2. The van der Waals surface area contributed by atoms with Gasteiger partial charge in [0.05, 0.1) is 44.8 Å². The predicted molar refractivity (Wildman–Crippen MR) is 168 cm³/mol. The summed E-state index contributed by atoms with van der Waals surface area (Å²) in [5.41, 5.74) is 6.44. The minimum absolute atomic E-state index is 0.281. The van der Waals surface area contributed by atoms with Crippen LogP contribution in [0.1, 0.15) is 18.1 Å². The maximum absolute atomic E-state index is 12.7. The summed E-state index contributed by atoms with van der Waals surface area (Å²) in [5.74, 6) is 1.64. The number of nitriles is 1. The number of aromatic nitrogens is 2. The van der Waals surface area contributed by atoms with Gasteiger partial charge >= 0.3 is 0 Å². The number of carbonyl (C=O) groups is 1. The van der Waals surface area contributed by atoms with E-state index in [1.54, 1.807) is 29.5 Å². The van der Waals surface area contributed by atoms with Gasteiger partial charge in [-0.25, -0.2) is 4.98 Å². The molecule has 2 N–H and O–H groups in total. The van der Waals surface area contributed by atoms with Gasteiger partial charge in [-0.2, -0.15) is 5.26 Å². The molecule has 10 heteroatoms. The normalized spacial score (nSPS) is 11.2. The summed E-state index contributed by atoms with van der Waals surface area (Å²) in [6.45, 7) is 4.89. The zero-order valence-corrected chi connectivity index (χ0v) is 24.6. The molecule has 0 atom stereocenters. The number of rotatable bonds is 10. The highest BCUT2D eigenvalue weighted by atomic mass is 32.1. The Balaban J connectivity index is 1.46. The lowest BCUT2D eigenvalue weighted by Crippen LogP contribution is -2.13. The van der Waals surface area contributed by atoms with E-state index in [1.165, 1.54) is 12.3 Å². The smallest absolute Gasteiger partial charge is 0.248 e. The Morgan fingerprint density at radius 3 is 2.71 bits per heavy atom. The van der Waals surface area contributed by atoms with Crippen molar-refractivity contribution in [2.75, 3.05) is 37.9 Å². The van der Waals surface area contributed by atoms with Gasteiger partial charge in [0.1, 0.15) is 23.3 Å². The van der Waals surface area contributed by atoms with Crippen LogP contribution in [0.5, 0.6) is 17.2 Å². The van der Waals surface area contributed by atoms with Gasteiger partial charge in [-0.15, -0.1) is 11.3 Å². The molecule has 0 aliphatic rings. The van der Waals surface area contributed by atoms with Crippen molar-refractivity contribution in [1.29, 1.82) is 5.26 Å². The molecule has 212 valence electrons. The van der Waals surface area contributed by atoms with Gasteiger partial charge in [0.25, 0.3) is 0 Å². The molecule has 0 radical (unpaired) electrons. The number of nitrogens with one attached hydrogen (secondary N) is 2. The number of nitrogens with zero attached hydrogens (tertiary/aromatic N) is 4. The maximum atomic E-state index is 12.7. The highest BCUT2D eigenvalue weighted by Gasteiger charge is 2.16. The van der Waals surface area contributed by atoms with E-state index in [4.69, 9.17) is 9.47 Å². The van der Waals surface area contributed by atoms with Crippen LogP contribution < -0.4 is 20.1 Å². The molecule has 0 spiro atoms. The molecule has 5 aromatic rings. The van der Waals surface area contributed by atoms with Crippen molar-refractivity contribution in [2.24, 2.45) is 0 Å². The second-order valence-electron chi connectivity index (χ2n) is 9.80. The van der Waals surface area contributed by atoms with Gasteiger partial charge in [-0.05, 0) is 69.9 Å². The van der Waals surface area contributed by atoms with E-state index in [0.29, 0.717) is 58.2 Å². The standard InChI is InChI=1S/C32H30N6O3S/c1-5-40-29-16-25-24(15-26(29)37-31(39)7-6-12-38(3)4)32(21(17-33)18-34-25)36-22-8-10-28(20(2)13-22)41-23-9-11-30-27(14-23)35-19-42-30/h6-11,13-16,18-19H,5,12H2,1-4H3,(H,34,36)(H,37,39)/b7-6+. The second-order valence-corrected chi connectivity index (χ2v) is 10.7. The van der Waals surface area contributed by atoms with E-state index in [0.717, 1.165) is 21.5 Å². The molecular formula is C32H30N6O3S. The molecular weight excluding hydrogens is 548 g/mol. The number of anilines is 3. The third kappa shape index (κ3) is 6.49. The molecule has 0 bridgehead atoms. The average Bonchev–Trinajstić information content (AvgIpc) is 3.43. The number of thiazole rings is 1. The number of amides is 1. The van der Waals surface area contributed by atoms with Gasteiger partial charge in [0.2, 0.25) is 5.91 Å². The van der Waals surface area contributed by atoms with Crippen molar-refractivity contribution in [3.05, 3.63) is 83.5 Å². The van der Waals surface area contributed by atoms with Gasteiger partial charge in [-0.1, -0.05) is 6.08 Å². The van der Waals surface area contributed by atoms with Crippen molar-refractivity contribution in [3.8, 4) is 23.3 Å². The molecule has 0 aliphatic carbocycles. The van der Waals surface area contributed by atoms with E-state index < -0.39 is 0 Å². The number of fused-ring (bicyclic) bond motifs is 2. The summed E-state index contributed by atoms with van der Waals surface area (Å²) in [6, 6.07) is 17.4. The van der Waals surface area contributed by atoms with Crippen LogP contribution in [0.3, 0.4) is 0 Å². The van der Waals surface area contributed by atoms with Crippen LogP contribution in [-0.4, -0.2) is 48.0 Å². The minimum Gasteiger partial charge on any atom is -0.492 e. The largest absolute Gasteiger partial charge is 0.492 e. The Hall–Kier alpha value is -4.98. The van der Waals surface area contributed by atoms with Crippen molar-refractivity contribution in [1.82, 2.24) is 14.9 Å². The first-order chi connectivity index (χ1) is 20.3. The van der Waals surface area contributed by atoms with Crippen LogP contribution >= 0.6 is 11.3 Å². The fourth-order valence-corrected chi connectivity index (χ4v) is 5.03. The summed E-state index contributed by atoms with van der Waals surface area (Å²) < 4.78 is 13.1. The van der Waals surface area contributed by atoms with E-state index in [2.05, 4.69) is 26.7 Å². The Kier molecular flexibility index (Phi) is 8.62. The summed E-state index contributed by atoms with van der Waals surface area (Å²) >= 11 is 1.59. The Bertz CT molecular complexity index is 1840. The molecule has 1 amide bonds. The number of hydrogen-bond acceptors (Lipinski definition) is 9. The van der Waals surface area contributed by atoms with E-state index in [-0.39, 0.29) is 5.91 Å². The second kappa shape index (κ2) is 12.7. The number of benzene rings is 3. The van der Waals surface area contributed by atoms with Crippen molar-refractivity contribution in [3.63, 3.8) is 0 Å². The lowest BCUT2D eigenvalue weighted by molar-refractivity contribution is -0.111. The van der Waals surface area contributed by atoms with Gasteiger partial charge in [0, 0.05) is 42.0 Å². The first kappa shape index (κ1) is 28.5. The van der Waals surface area contributed by atoms with Gasteiger partial charge in [0.15, 0.2) is 0 Å². The quantitative estimate of drug-likeness (QED) is 0.170. The number of hydrogen-bond donors (Lipinski definition) is 2. The summed E-state index contributed by atoms with van der Waals surface area (Å²) in [6.07, 6.45) is 4.80. The Morgan fingerprint density at radius 1 is 1.10 bits per heavy atom. The molecule has 5 rings (SSSR count). The van der Waals surface area contributed by atoms with Crippen LogP contribution in [0, 0.1) is 18.3 Å². The SMILES string of the molecule is CCOc1cc2ncc(C#N)c(Nc3ccc(Oc4ccc5scnc5c4)c(C)c3)c2cc1NC(=O)/C=C/CN(C)C. The molecule has 0 saturated heterocycles. The van der Waals surface area contributed by atoms with Gasteiger partial charge in [-0.3, -0.25) is 9.78 Å². The maximum Gasteiger partial charge on any atom is 0.248 e. The zero-order valence-electron chi connectivity index (χ0n) is 23.8. The highest BCUT2D eigenvalue weighted by molar-refractivity contribution is 7.16. The average molecular weight is 579 g/mol. The molecule has 9 nitrogen and oxygen atoms in total. The Morgan fingerprint density at radius 2 is 1.95 bits per heavy atom. The van der Waals surface area contributed by atoms with Crippen LogP contribution in [-0.2, 0) is 4.79 Å². The van der Waals surface area contributed by atoms with Crippen molar-refractivity contribution in [2.45, 2.75) is 13.8 Å². The number of aryl methyl sites for hydroxylation is 1. The molecule has 42 heavy (non-hydrogen) atoms. The summed E-state index contributed by atoms with van der Waals surface area (Å²) in [7, 11) is 3.86. The number of likely N-dealkylation sites (N-methyl/N-ethyl adjacent to an activating group) is 1. The van der Waals surface area contributed by atoms with Crippen LogP contribution in [0.4, 0.5) is 17.1 Å². The van der Waals surface area contributed by atoms with Gasteiger partial charge < -0.3 is 25.0 Å². The third-order valence-electron chi connectivity index (χ3n) is 6.36. The lowest BCUT2D eigenvalue weighted by atomic mass is 10.1. The van der Waals surface area contributed by atoms with E-state index >= 15 is 0 Å².